The van der Waals surface area contributed by atoms with Crippen LogP contribution in [0.2, 0.25) is 0 Å². The Morgan fingerprint density at radius 2 is 0.444 bits per heavy atom. The molecule has 0 spiro atoms. The van der Waals surface area contributed by atoms with Gasteiger partial charge in [0.05, 0.1) is 0 Å². The minimum Gasteiger partial charge on any atom is -2.00 e. The first-order valence-corrected chi connectivity index (χ1v) is 0. The van der Waals surface area contributed by atoms with Gasteiger partial charge in [-0.25, -0.2) is 0 Å². The normalized spacial score (nSPS) is 0. The summed E-state index contributed by atoms with van der Waals surface area (Å²) in [4.78, 5) is 0. The molecule has 0 aliphatic rings. The Morgan fingerprint density at radius 3 is 0.444 bits per heavy atom. The summed E-state index contributed by atoms with van der Waals surface area (Å²) < 4.78 is 0. The van der Waals surface area contributed by atoms with E-state index >= 15 is 0 Å². The Balaban J connectivity index is 0. The monoisotopic (exact) mass is 660 g/mol. The molecule has 9 heteroatoms. The van der Waals surface area contributed by atoms with Gasteiger partial charge in [0.2, 0.25) is 0 Å². The van der Waals surface area contributed by atoms with Crippen molar-refractivity contribution in [3.8, 4) is 0 Å². The van der Waals surface area contributed by atoms with Crippen LogP contribution in [0.3, 0.4) is 0 Å². The zero-order valence-electron chi connectivity index (χ0n) is 4.53. The zero-order valence-corrected chi connectivity index (χ0v) is 20.4. The van der Waals surface area contributed by atoms with Gasteiger partial charge >= 0.3 is 34.7 Å². The molecule has 0 aliphatic heterocycles. The average Bonchev–Trinajstić information content (AvgIpc) is 0. The Labute approximate surface area is 200 Å². The van der Waals surface area contributed by atoms with Crippen molar-refractivity contribution in [2.75, 3.05) is 0 Å². The molecule has 0 bridgehead atoms. The van der Waals surface area contributed by atoms with Crippen LogP contribution in [0.25, 0.3) is 0 Å². The molecule has 0 saturated heterocycles. The van der Waals surface area contributed by atoms with E-state index in [1.807, 2.05) is 0 Å². The van der Waals surface area contributed by atoms with Gasteiger partial charge in [-0.1, -0.05) is 0 Å². The minimum atomic E-state index is 0. The number of rotatable bonds is 0. The molecule has 0 aliphatic carbocycles. The van der Waals surface area contributed by atoms with Crippen molar-refractivity contribution >= 4 is 34.7 Å². The fraction of sp³-hybridized carbons (Fsp3) is 0. The van der Waals surface area contributed by atoms with Gasteiger partial charge in [0.25, 0.3) is 0 Å². The first-order valence-electron chi connectivity index (χ1n) is 0. The van der Waals surface area contributed by atoms with Crippen LogP contribution < -0.4 is 0 Å². The summed E-state index contributed by atoms with van der Waals surface area (Å²) in [5.41, 5.74) is 0. The van der Waals surface area contributed by atoms with Crippen LogP contribution in [0.4, 0.5) is 0 Å². The van der Waals surface area contributed by atoms with E-state index in [-0.39, 0.29) is 206 Å². The van der Waals surface area contributed by atoms with Gasteiger partial charge in [-0.05, 0) is 0 Å². The van der Waals surface area contributed by atoms with Crippen LogP contribution in [0.5, 0.6) is 0 Å². The van der Waals surface area contributed by atoms with E-state index in [4.69, 9.17) is 0 Å². The summed E-state index contributed by atoms with van der Waals surface area (Å²) in [5, 5.41) is 0. The molecule has 0 heterocycles. The van der Waals surface area contributed by atoms with Crippen LogP contribution in [0.15, 0.2) is 0 Å². The Hall–Kier alpha value is 6.09. The third-order valence-corrected chi connectivity index (χ3v) is 0. The van der Waals surface area contributed by atoms with Crippen molar-refractivity contribution < 1.29 is 171 Å². The maximum atomic E-state index is 0. The summed E-state index contributed by atoms with van der Waals surface area (Å²) in [6, 6.07) is 0. The summed E-state index contributed by atoms with van der Waals surface area (Å²) in [6.45, 7) is 0. The fourth-order valence-corrected chi connectivity index (χ4v) is 0. The molecular formula is Al2Ce2La2O3. The van der Waals surface area contributed by atoms with Gasteiger partial charge in [0, 0.05) is 155 Å². The molecule has 3 nitrogen and oxygen atoms in total. The molecule has 0 atom stereocenters. The van der Waals surface area contributed by atoms with Gasteiger partial charge < -0.3 is 16.4 Å². The molecule has 0 fully saturated rings. The van der Waals surface area contributed by atoms with Crippen molar-refractivity contribution in [3.05, 3.63) is 0 Å². The second-order valence-electron chi connectivity index (χ2n) is 0. The number of hydrogen-bond acceptors (Lipinski definition) is 0. The SMILES string of the molecule is [Al+3].[Al+3].[Ce].[Ce].[La].[La].[O-2].[O-2].[O-2]. The number of hydrogen-bond donors (Lipinski definition) is 0. The van der Waals surface area contributed by atoms with E-state index in [0.717, 1.165) is 0 Å². The molecule has 0 aromatic rings. The topological polar surface area (TPSA) is 85.5 Å². The van der Waals surface area contributed by atoms with Gasteiger partial charge in [0.15, 0.2) is 0 Å². The van der Waals surface area contributed by atoms with E-state index in [1.54, 1.807) is 0 Å². The predicted molar refractivity (Wildman–Crippen MR) is 13.6 cm³/mol. The molecule has 0 unspecified atom stereocenters. The summed E-state index contributed by atoms with van der Waals surface area (Å²) in [5.74, 6) is 0. The van der Waals surface area contributed by atoms with E-state index in [0.29, 0.717) is 0 Å². The Morgan fingerprint density at radius 1 is 0.444 bits per heavy atom. The van der Waals surface area contributed by atoms with Crippen molar-refractivity contribution in [1.29, 1.82) is 0 Å². The van der Waals surface area contributed by atoms with Gasteiger partial charge in [-0.15, -0.1) is 0 Å². The first kappa shape index (κ1) is 80.8. The molecule has 0 aromatic heterocycles. The maximum absolute atomic E-state index is 0. The predicted octanol–water partition coefficient (Wildman–Crippen LogP) is -1.12. The van der Waals surface area contributed by atoms with Gasteiger partial charge in [-0.2, -0.15) is 0 Å². The maximum Gasteiger partial charge on any atom is 3.00 e. The zero-order chi connectivity index (χ0) is 0. The molecule has 0 saturated carbocycles. The second-order valence-corrected chi connectivity index (χ2v) is 0. The third kappa shape index (κ3) is 55.5. The second kappa shape index (κ2) is 65.1. The van der Waals surface area contributed by atoms with Crippen LogP contribution in [0, 0.1) is 155 Å². The van der Waals surface area contributed by atoms with E-state index < -0.39 is 0 Å². The van der Waals surface area contributed by atoms with Crippen LogP contribution >= 0.6 is 0 Å². The molecule has 38 valence electrons. The van der Waals surface area contributed by atoms with E-state index in [2.05, 4.69) is 0 Å². The molecule has 0 amide bonds. The van der Waals surface area contributed by atoms with Crippen LogP contribution in [-0.4, -0.2) is 34.7 Å². The summed E-state index contributed by atoms with van der Waals surface area (Å²) in [7, 11) is 0. The Kier molecular flexibility index (Phi) is 585. The first-order chi connectivity index (χ1) is 0. The minimum absolute atomic E-state index is 0. The average molecular weight is 660 g/mol. The van der Waals surface area contributed by atoms with Crippen LogP contribution in [-0.2, 0) is 16.4 Å². The molecule has 9 heavy (non-hydrogen) atoms. The summed E-state index contributed by atoms with van der Waals surface area (Å²) in [6.07, 6.45) is 0. The molecular weight excluding hydrogens is 660 g/mol. The van der Waals surface area contributed by atoms with E-state index in [1.165, 1.54) is 0 Å². The van der Waals surface area contributed by atoms with Crippen molar-refractivity contribution in [2.45, 2.75) is 0 Å². The van der Waals surface area contributed by atoms with Crippen molar-refractivity contribution in [1.82, 2.24) is 0 Å². The Bertz CT molecular complexity index is 17.8. The smallest absolute Gasteiger partial charge is 2.00 e. The van der Waals surface area contributed by atoms with Gasteiger partial charge in [-0.3, -0.25) is 0 Å². The van der Waals surface area contributed by atoms with Crippen LogP contribution in [0.1, 0.15) is 0 Å². The van der Waals surface area contributed by atoms with Crippen molar-refractivity contribution in [3.63, 3.8) is 0 Å². The van der Waals surface area contributed by atoms with Crippen molar-refractivity contribution in [2.24, 2.45) is 0 Å². The molecule has 0 aromatic carbocycles. The largest absolute Gasteiger partial charge is 3.00 e. The molecule has 0 rings (SSSR count). The molecule has 2 radical (unpaired) electrons. The van der Waals surface area contributed by atoms with Gasteiger partial charge in [0.1, 0.15) is 0 Å². The summed E-state index contributed by atoms with van der Waals surface area (Å²) >= 11 is 0. The van der Waals surface area contributed by atoms with E-state index in [9.17, 15) is 0 Å². The standard InChI is InChI=1S/2Al.2Ce.2La.3O/q2*+3;;;;;3*-2. The third-order valence-electron chi connectivity index (χ3n) is 0. The fourth-order valence-electron chi connectivity index (χ4n) is 0. The quantitative estimate of drug-likeness (QED) is 0.296. The molecule has 0 N–H and O–H groups in total.